The fraction of sp³-hybridized carbons (Fsp3) is 0.500. The number of thiophene rings is 1. The van der Waals surface area contributed by atoms with Crippen molar-refractivity contribution in [2.45, 2.75) is 45.2 Å². The number of carbonyl (C=O) groups excluding carboxylic acids is 1. The molecule has 2 heterocycles. The Bertz CT molecular complexity index is 596. The van der Waals surface area contributed by atoms with Gasteiger partial charge < -0.3 is 9.47 Å². The molecule has 0 saturated heterocycles. The van der Waals surface area contributed by atoms with Gasteiger partial charge in [0, 0.05) is 29.7 Å². The van der Waals surface area contributed by atoms with Crippen LogP contribution in [0.1, 0.15) is 42.7 Å². The summed E-state index contributed by atoms with van der Waals surface area (Å²) < 4.78 is 2.11. The van der Waals surface area contributed by atoms with Crippen LogP contribution in [0.4, 0.5) is 0 Å². The minimum atomic E-state index is 0.231. The number of hydrogen-bond acceptors (Lipinski definition) is 2. The van der Waals surface area contributed by atoms with Gasteiger partial charge in [-0.2, -0.15) is 0 Å². The van der Waals surface area contributed by atoms with Crippen LogP contribution >= 0.6 is 11.3 Å². The van der Waals surface area contributed by atoms with Gasteiger partial charge in [-0.1, -0.05) is 25.3 Å². The monoisotopic (exact) mass is 316 g/mol. The zero-order chi connectivity index (χ0) is 15.4. The van der Waals surface area contributed by atoms with Gasteiger partial charge in [-0.25, -0.2) is 0 Å². The lowest BCUT2D eigenvalue weighted by atomic mass is 9.88. The van der Waals surface area contributed by atoms with E-state index in [0.717, 1.165) is 19.4 Å². The lowest BCUT2D eigenvalue weighted by Crippen LogP contribution is -2.36. The van der Waals surface area contributed by atoms with E-state index < -0.39 is 0 Å². The summed E-state index contributed by atoms with van der Waals surface area (Å²) >= 11 is 1.73. The van der Waals surface area contributed by atoms with E-state index in [1.54, 1.807) is 11.3 Å². The molecule has 1 fully saturated rings. The molecule has 1 aliphatic carbocycles. The first-order valence-electron chi connectivity index (χ1n) is 8.15. The number of aryl methyl sites for hydroxylation is 1. The van der Waals surface area contributed by atoms with E-state index in [2.05, 4.69) is 33.0 Å². The molecule has 3 nitrogen and oxygen atoms in total. The van der Waals surface area contributed by atoms with Crippen LogP contribution in [0.25, 0.3) is 0 Å². The Morgan fingerprint density at radius 2 is 2.05 bits per heavy atom. The van der Waals surface area contributed by atoms with Gasteiger partial charge in [-0.15, -0.1) is 11.3 Å². The Morgan fingerprint density at radius 3 is 2.68 bits per heavy atom. The molecule has 118 valence electrons. The number of nitrogens with zero attached hydrogens (tertiary/aromatic N) is 2. The lowest BCUT2D eigenvalue weighted by Gasteiger charge is -2.29. The van der Waals surface area contributed by atoms with Crippen molar-refractivity contribution in [3.63, 3.8) is 0 Å². The van der Waals surface area contributed by atoms with E-state index in [9.17, 15) is 4.79 Å². The highest BCUT2D eigenvalue weighted by Crippen LogP contribution is 2.27. The summed E-state index contributed by atoms with van der Waals surface area (Å²) in [6, 6.07) is 8.34. The van der Waals surface area contributed by atoms with Crippen LogP contribution in [0.3, 0.4) is 0 Å². The van der Waals surface area contributed by atoms with Gasteiger partial charge in [0.05, 0.1) is 13.1 Å². The third-order valence-electron chi connectivity index (χ3n) is 4.60. The van der Waals surface area contributed by atoms with Gasteiger partial charge in [0.15, 0.2) is 0 Å². The second-order valence-corrected chi connectivity index (χ2v) is 7.25. The van der Waals surface area contributed by atoms with Gasteiger partial charge >= 0.3 is 0 Å². The van der Waals surface area contributed by atoms with Crippen molar-refractivity contribution in [3.8, 4) is 0 Å². The molecule has 1 saturated carbocycles. The third-order valence-corrected chi connectivity index (χ3v) is 5.46. The van der Waals surface area contributed by atoms with Crippen LogP contribution in [0.15, 0.2) is 35.8 Å². The first-order valence-corrected chi connectivity index (χ1v) is 9.03. The Labute approximate surface area is 136 Å². The molecular formula is C18H24N2OS. The second-order valence-electron chi connectivity index (χ2n) is 6.22. The molecule has 0 aliphatic heterocycles. The van der Waals surface area contributed by atoms with E-state index in [1.165, 1.54) is 29.8 Å². The van der Waals surface area contributed by atoms with Crippen LogP contribution in [-0.2, 0) is 24.9 Å². The summed E-state index contributed by atoms with van der Waals surface area (Å²) in [6.07, 6.45) is 7.86. The van der Waals surface area contributed by atoms with Gasteiger partial charge in [0.25, 0.3) is 0 Å². The molecule has 3 rings (SSSR count). The second kappa shape index (κ2) is 7.14. The summed E-state index contributed by atoms with van der Waals surface area (Å²) in [6.45, 7) is 1.44. The van der Waals surface area contributed by atoms with E-state index in [-0.39, 0.29) is 5.92 Å². The maximum Gasteiger partial charge on any atom is 0.226 e. The average molecular weight is 316 g/mol. The SMILES string of the molecule is Cn1cccc1CN(Cc1cccs1)C(=O)C1CCCCC1. The van der Waals surface area contributed by atoms with Crippen molar-refractivity contribution in [3.05, 3.63) is 46.4 Å². The molecule has 0 aromatic carbocycles. The first-order chi connectivity index (χ1) is 10.7. The molecule has 22 heavy (non-hydrogen) atoms. The minimum Gasteiger partial charge on any atom is -0.353 e. The van der Waals surface area contributed by atoms with Crippen molar-refractivity contribution in [2.75, 3.05) is 0 Å². The molecule has 0 unspecified atom stereocenters. The topological polar surface area (TPSA) is 25.2 Å². The van der Waals surface area contributed by atoms with Crippen molar-refractivity contribution >= 4 is 17.2 Å². The molecule has 0 atom stereocenters. The van der Waals surface area contributed by atoms with Crippen LogP contribution in [-0.4, -0.2) is 15.4 Å². The number of rotatable bonds is 5. The van der Waals surface area contributed by atoms with E-state index in [4.69, 9.17) is 0 Å². The van der Waals surface area contributed by atoms with Crippen molar-refractivity contribution in [2.24, 2.45) is 13.0 Å². The van der Waals surface area contributed by atoms with Crippen LogP contribution in [0.2, 0.25) is 0 Å². The van der Waals surface area contributed by atoms with Crippen molar-refractivity contribution < 1.29 is 4.79 Å². The number of aromatic nitrogens is 1. The van der Waals surface area contributed by atoms with E-state index >= 15 is 0 Å². The highest BCUT2D eigenvalue weighted by atomic mass is 32.1. The van der Waals surface area contributed by atoms with Gasteiger partial charge in [-0.05, 0) is 36.4 Å². The van der Waals surface area contributed by atoms with Crippen molar-refractivity contribution in [1.29, 1.82) is 0 Å². The van der Waals surface area contributed by atoms with Crippen LogP contribution in [0, 0.1) is 5.92 Å². The molecule has 4 heteroatoms. The molecule has 1 aliphatic rings. The van der Waals surface area contributed by atoms with Gasteiger partial charge in [-0.3, -0.25) is 4.79 Å². The highest BCUT2D eigenvalue weighted by Gasteiger charge is 2.26. The van der Waals surface area contributed by atoms with E-state index in [1.807, 2.05) is 19.3 Å². The Kier molecular flexibility index (Phi) is 4.98. The zero-order valence-electron chi connectivity index (χ0n) is 13.2. The smallest absolute Gasteiger partial charge is 0.226 e. The van der Waals surface area contributed by atoms with Crippen LogP contribution < -0.4 is 0 Å². The molecule has 2 aromatic rings. The highest BCUT2D eigenvalue weighted by molar-refractivity contribution is 7.09. The van der Waals surface area contributed by atoms with Gasteiger partial charge in [0.1, 0.15) is 0 Å². The predicted molar refractivity (Wildman–Crippen MR) is 90.6 cm³/mol. The number of carbonyl (C=O) groups is 1. The summed E-state index contributed by atoms with van der Waals surface area (Å²) in [5, 5.41) is 2.08. The average Bonchev–Trinajstić information content (AvgIpc) is 3.19. The van der Waals surface area contributed by atoms with E-state index in [0.29, 0.717) is 12.5 Å². The zero-order valence-corrected chi connectivity index (χ0v) is 14.0. The molecule has 0 N–H and O–H groups in total. The lowest BCUT2D eigenvalue weighted by molar-refractivity contribution is -0.137. The summed E-state index contributed by atoms with van der Waals surface area (Å²) in [7, 11) is 2.05. The molecule has 2 aromatic heterocycles. The maximum atomic E-state index is 13.0. The van der Waals surface area contributed by atoms with Gasteiger partial charge in [0.2, 0.25) is 5.91 Å². The molecule has 0 spiro atoms. The van der Waals surface area contributed by atoms with Crippen molar-refractivity contribution in [1.82, 2.24) is 9.47 Å². The summed E-state index contributed by atoms with van der Waals surface area (Å²) in [4.78, 5) is 16.3. The maximum absolute atomic E-state index is 13.0. The number of hydrogen-bond donors (Lipinski definition) is 0. The number of amides is 1. The minimum absolute atomic E-state index is 0.231. The molecule has 0 radical (unpaired) electrons. The predicted octanol–water partition coefficient (Wildman–Crippen LogP) is 4.20. The summed E-state index contributed by atoms with van der Waals surface area (Å²) in [5.41, 5.74) is 1.20. The molecular weight excluding hydrogens is 292 g/mol. The largest absolute Gasteiger partial charge is 0.353 e. The molecule has 0 bridgehead atoms. The Hall–Kier alpha value is -1.55. The standard InChI is InChI=1S/C18H24N2OS/c1-19-11-5-9-16(19)13-20(14-17-10-6-12-22-17)18(21)15-7-3-2-4-8-15/h5-6,9-12,15H,2-4,7-8,13-14H2,1H3. The third kappa shape index (κ3) is 3.61. The quantitative estimate of drug-likeness (QED) is 0.811. The van der Waals surface area contributed by atoms with Crippen LogP contribution in [0.5, 0.6) is 0 Å². The fourth-order valence-corrected chi connectivity index (χ4v) is 3.99. The first kappa shape index (κ1) is 15.3. The molecule has 1 amide bonds. The Morgan fingerprint density at radius 1 is 1.23 bits per heavy atom. The fourth-order valence-electron chi connectivity index (χ4n) is 3.27. The Balaban J connectivity index is 1.75. The normalized spacial score (nSPS) is 15.9. The summed E-state index contributed by atoms with van der Waals surface area (Å²) in [5.74, 6) is 0.572.